The minimum atomic E-state index is -0.0358. The molecule has 1 atom stereocenters. The van der Waals surface area contributed by atoms with Crippen LogP contribution in [0.4, 0.5) is 5.69 Å². The highest BCUT2D eigenvalue weighted by molar-refractivity contribution is 6.33. The molecule has 0 spiro atoms. The Balaban J connectivity index is 1.67. The molecule has 24 heavy (non-hydrogen) atoms. The second kappa shape index (κ2) is 7.37. The number of hydrogen-bond donors (Lipinski definition) is 1. The van der Waals surface area contributed by atoms with Gasteiger partial charge in [0, 0.05) is 6.04 Å². The van der Waals surface area contributed by atoms with Crippen molar-refractivity contribution >= 4 is 23.2 Å². The van der Waals surface area contributed by atoms with Crippen LogP contribution in [0.2, 0.25) is 5.02 Å². The zero-order valence-corrected chi connectivity index (χ0v) is 14.9. The fourth-order valence-electron chi connectivity index (χ4n) is 3.43. The molecule has 0 aromatic heterocycles. The van der Waals surface area contributed by atoms with Gasteiger partial charge in [-0.25, -0.2) is 0 Å². The van der Waals surface area contributed by atoms with Crippen LogP contribution in [0.15, 0.2) is 42.5 Å². The van der Waals surface area contributed by atoms with Crippen molar-refractivity contribution in [2.75, 3.05) is 18.9 Å². The monoisotopic (exact) mass is 342 g/mol. The van der Waals surface area contributed by atoms with Crippen LogP contribution in [0, 0.1) is 6.92 Å². The first kappa shape index (κ1) is 17.0. The number of halogens is 1. The maximum atomic E-state index is 12.4. The van der Waals surface area contributed by atoms with Gasteiger partial charge in [-0.05, 0) is 62.1 Å². The van der Waals surface area contributed by atoms with Crippen LogP contribution >= 0.6 is 11.6 Å². The highest BCUT2D eigenvalue weighted by Gasteiger charge is 2.24. The van der Waals surface area contributed by atoms with Crippen LogP contribution in [-0.2, 0) is 11.2 Å². The summed E-state index contributed by atoms with van der Waals surface area (Å²) in [7, 11) is 2.02. The number of carbonyl (C=O) groups is 1. The molecule has 0 unspecified atom stereocenters. The van der Waals surface area contributed by atoms with Crippen molar-refractivity contribution in [2.24, 2.45) is 0 Å². The fourth-order valence-corrected chi connectivity index (χ4v) is 3.72. The van der Waals surface area contributed by atoms with Crippen molar-refractivity contribution in [3.05, 3.63) is 64.2 Å². The number of hydrogen-bond acceptors (Lipinski definition) is 2. The summed E-state index contributed by atoms with van der Waals surface area (Å²) in [6.45, 7) is 2.33. The number of carbonyl (C=O) groups excluding carboxylic acids is 1. The molecule has 0 radical (unpaired) electrons. The molecule has 126 valence electrons. The Hall–Kier alpha value is -1.84. The van der Waals surface area contributed by atoms with Gasteiger partial charge in [0.2, 0.25) is 5.91 Å². The van der Waals surface area contributed by atoms with E-state index in [1.54, 1.807) is 0 Å². The van der Waals surface area contributed by atoms with Crippen molar-refractivity contribution in [1.82, 2.24) is 4.90 Å². The number of likely N-dealkylation sites (N-methyl/N-ethyl adjacent to an activating group) is 1. The van der Waals surface area contributed by atoms with E-state index in [4.69, 9.17) is 11.6 Å². The van der Waals surface area contributed by atoms with Gasteiger partial charge in [0.15, 0.2) is 0 Å². The molecule has 0 aliphatic heterocycles. The fraction of sp³-hybridized carbons (Fsp3) is 0.350. The van der Waals surface area contributed by atoms with E-state index in [9.17, 15) is 4.79 Å². The lowest BCUT2D eigenvalue weighted by Gasteiger charge is -2.32. The first-order valence-corrected chi connectivity index (χ1v) is 8.76. The molecule has 4 heteroatoms. The molecule has 1 aliphatic rings. The van der Waals surface area contributed by atoms with E-state index in [0.29, 0.717) is 23.3 Å². The predicted molar refractivity (Wildman–Crippen MR) is 99.6 cm³/mol. The van der Waals surface area contributed by atoms with E-state index in [1.807, 2.05) is 32.2 Å². The van der Waals surface area contributed by atoms with E-state index in [1.165, 1.54) is 11.1 Å². The lowest BCUT2D eigenvalue weighted by atomic mass is 9.87. The Kier molecular flexibility index (Phi) is 5.22. The van der Waals surface area contributed by atoms with E-state index >= 15 is 0 Å². The summed E-state index contributed by atoms with van der Waals surface area (Å²) in [6, 6.07) is 14.5. The van der Waals surface area contributed by atoms with Crippen LogP contribution in [0.3, 0.4) is 0 Å². The van der Waals surface area contributed by atoms with Crippen LogP contribution < -0.4 is 5.32 Å². The summed E-state index contributed by atoms with van der Waals surface area (Å²) in [5.74, 6) is -0.0358. The highest BCUT2D eigenvalue weighted by atomic mass is 35.5. The Bertz CT molecular complexity index is 744. The molecule has 2 aromatic carbocycles. The highest BCUT2D eigenvalue weighted by Crippen LogP contribution is 2.33. The minimum absolute atomic E-state index is 0.0358. The first-order valence-electron chi connectivity index (χ1n) is 8.38. The van der Waals surface area contributed by atoms with Gasteiger partial charge in [-0.2, -0.15) is 0 Å². The molecule has 0 bridgehead atoms. The average molecular weight is 343 g/mol. The molecule has 2 aromatic rings. The second-order valence-corrected chi connectivity index (χ2v) is 6.96. The maximum absolute atomic E-state index is 12.4. The van der Waals surface area contributed by atoms with E-state index in [0.717, 1.165) is 24.8 Å². The number of anilines is 1. The normalized spacial score (nSPS) is 16.8. The Morgan fingerprint density at radius 1 is 1.29 bits per heavy atom. The van der Waals surface area contributed by atoms with Crippen LogP contribution in [-0.4, -0.2) is 24.4 Å². The molecule has 0 saturated carbocycles. The number of aryl methyl sites for hydroxylation is 2. The van der Waals surface area contributed by atoms with Gasteiger partial charge in [0.05, 0.1) is 17.3 Å². The van der Waals surface area contributed by atoms with Crippen LogP contribution in [0.5, 0.6) is 0 Å². The zero-order valence-electron chi connectivity index (χ0n) is 14.2. The third-order valence-corrected chi connectivity index (χ3v) is 4.97. The lowest BCUT2D eigenvalue weighted by Crippen LogP contribution is -2.34. The van der Waals surface area contributed by atoms with E-state index in [2.05, 4.69) is 34.5 Å². The summed E-state index contributed by atoms with van der Waals surface area (Å²) in [5.41, 5.74) is 4.51. The summed E-state index contributed by atoms with van der Waals surface area (Å²) < 4.78 is 0. The molecule has 1 amide bonds. The summed E-state index contributed by atoms with van der Waals surface area (Å²) >= 11 is 6.20. The summed E-state index contributed by atoms with van der Waals surface area (Å²) in [6.07, 6.45) is 3.38. The Labute approximate surface area is 148 Å². The van der Waals surface area contributed by atoms with Gasteiger partial charge in [0.1, 0.15) is 0 Å². The van der Waals surface area contributed by atoms with Crippen molar-refractivity contribution in [3.8, 4) is 0 Å². The van der Waals surface area contributed by atoms with Crippen LogP contribution in [0.25, 0.3) is 0 Å². The standard InChI is InChI=1S/C20H23ClN2O/c1-14-10-11-18(17(21)12-14)22-20(24)13-23(2)19-9-5-7-15-6-3-4-8-16(15)19/h3-4,6,8,10-12,19H,5,7,9,13H2,1-2H3,(H,22,24)/t19-/m0/s1. The van der Waals surface area contributed by atoms with Gasteiger partial charge in [-0.1, -0.05) is 41.9 Å². The lowest BCUT2D eigenvalue weighted by molar-refractivity contribution is -0.117. The molecule has 1 aliphatic carbocycles. The number of rotatable bonds is 4. The van der Waals surface area contributed by atoms with Crippen molar-refractivity contribution in [3.63, 3.8) is 0 Å². The number of nitrogens with zero attached hydrogens (tertiary/aromatic N) is 1. The Morgan fingerprint density at radius 3 is 2.88 bits per heavy atom. The molecular weight excluding hydrogens is 320 g/mol. The molecule has 0 fully saturated rings. The minimum Gasteiger partial charge on any atom is -0.324 e. The van der Waals surface area contributed by atoms with Gasteiger partial charge in [0.25, 0.3) is 0 Å². The molecule has 3 nitrogen and oxygen atoms in total. The largest absolute Gasteiger partial charge is 0.324 e. The van der Waals surface area contributed by atoms with Gasteiger partial charge < -0.3 is 5.32 Å². The molecule has 3 rings (SSSR count). The summed E-state index contributed by atoms with van der Waals surface area (Å²) in [5, 5.41) is 3.50. The Morgan fingerprint density at radius 2 is 2.08 bits per heavy atom. The SMILES string of the molecule is Cc1ccc(NC(=O)CN(C)[C@H]2CCCc3ccccc32)c(Cl)c1. The first-order chi connectivity index (χ1) is 11.5. The van der Waals surface area contributed by atoms with E-state index < -0.39 is 0 Å². The predicted octanol–water partition coefficient (Wildman–Crippen LogP) is 4.60. The van der Waals surface area contributed by atoms with Gasteiger partial charge >= 0.3 is 0 Å². The smallest absolute Gasteiger partial charge is 0.238 e. The zero-order chi connectivity index (χ0) is 17.1. The number of amides is 1. The third-order valence-electron chi connectivity index (χ3n) is 4.66. The van der Waals surface area contributed by atoms with Crippen molar-refractivity contribution in [1.29, 1.82) is 0 Å². The molecule has 0 heterocycles. The second-order valence-electron chi connectivity index (χ2n) is 6.55. The number of fused-ring (bicyclic) bond motifs is 1. The molecular formula is C20H23ClN2O. The quantitative estimate of drug-likeness (QED) is 0.880. The number of benzene rings is 2. The van der Waals surface area contributed by atoms with Crippen molar-refractivity contribution in [2.45, 2.75) is 32.2 Å². The van der Waals surface area contributed by atoms with Gasteiger partial charge in [-0.15, -0.1) is 0 Å². The van der Waals surface area contributed by atoms with Crippen molar-refractivity contribution < 1.29 is 4.79 Å². The van der Waals surface area contributed by atoms with Gasteiger partial charge in [-0.3, -0.25) is 9.69 Å². The maximum Gasteiger partial charge on any atom is 0.238 e. The average Bonchev–Trinajstić information content (AvgIpc) is 2.57. The topological polar surface area (TPSA) is 32.3 Å². The van der Waals surface area contributed by atoms with E-state index in [-0.39, 0.29) is 5.91 Å². The third kappa shape index (κ3) is 3.80. The number of nitrogens with one attached hydrogen (secondary N) is 1. The molecule has 0 saturated heterocycles. The molecule has 1 N–H and O–H groups in total. The van der Waals surface area contributed by atoms with Crippen LogP contribution in [0.1, 0.15) is 35.6 Å². The summed E-state index contributed by atoms with van der Waals surface area (Å²) in [4.78, 5) is 14.5.